The van der Waals surface area contributed by atoms with Crippen molar-refractivity contribution in [2.24, 2.45) is 0 Å². The van der Waals surface area contributed by atoms with Gasteiger partial charge in [0.05, 0.1) is 11.6 Å². The van der Waals surface area contributed by atoms with E-state index >= 15 is 0 Å². The minimum atomic E-state index is -0.925. The van der Waals surface area contributed by atoms with Crippen LogP contribution in [0, 0.1) is 0 Å². The molecule has 0 heterocycles. The molecule has 146 valence electrons. The molecular formula is C22H24N2O4. The predicted molar refractivity (Wildman–Crippen MR) is 106 cm³/mol. The van der Waals surface area contributed by atoms with Crippen molar-refractivity contribution in [1.29, 1.82) is 0 Å². The molecule has 2 N–H and O–H groups in total. The highest BCUT2D eigenvalue weighted by molar-refractivity contribution is 5.95. The van der Waals surface area contributed by atoms with Crippen molar-refractivity contribution in [3.05, 3.63) is 65.2 Å². The van der Waals surface area contributed by atoms with Gasteiger partial charge in [-0.1, -0.05) is 30.3 Å². The van der Waals surface area contributed by atoms with E-state index < -0.39 is 12.1 Å². The van der Waals surface area contributed by atoms with Crippen molar-refractivity contribution in [2.45, 2.75) is 45.3 Å². The second kappa shape index (κ2) is 8.69. The van der Waals surface area contributed by atoms with Crippen LogP contribution < -0.4 is 10.6 Å². The van der Waals surface area contributed by atoms with E-state index in [0.717, 1.165) is 24.8 Å². The topological polar surface area (TPSA) is 84.5 Å². The van der Waals surface area contributed by atoms with Crippen molar-refractivity contribution in [2.75, 3.05) is 5.32 Å². The molecule has 0 saturated carbocycles. The fourth-order valence-corrected chi connectivity index (χ4v) is 3.40. The minimum Gasteiger partial charge on any atom is -0.449 e. The summed E-state index contributed by atoms with van der Waals surface area (Å²) in [4.78, 5) is 36.1. The summed E-state index contributed by atoms with van der Waals surface area (Å²) in [7, 11) is 0. The Morgan fingerprint density at radius 3 is 2.68 bits per heavy atom. The van der Waals surface area contributed by atoms with Crippen LogP contribution in [0.25, 0.3) is 0 Å². The molecule has 0 aromatic heterocycles. The first-order chi connectivity index (χ1) is 13.4. The van der Waals surface area contributed by atoms with E-state index in [1.54, 1.807) is 25.1 Å². The molecule has 6 nitrogen and oxygen atoms in total. The van der Waals surface area contributed by atoms with Crippen molar-refractivity contribution in [3.8, 4) is 0 Å². The lowest BCUT2D eigenvalue weighted by atomic mass is 9.87. The zero-order valence-electron chi connectivity index (χ0n) is 16.0. The minimum absolute atomic E-state index is 0.0679. The van der Waals surface area contributed by atoms with Crippen LogP contribution in [0.4, 0.5) is 5.69 Å². The van der Waals surface area contributed by atoms with Crippen molar-refractivity contribution < 1.29 is 19.1 Å². The summed E-state index contributed by atoms with van der Waals surface area (Å²) in [5.74, 6) is -1.17. The smallest absolute Gasteiger partial charge is 0.338 e. The largest absolute Gasteiger partial charge is 0.449 e. The van der Waals surface area contributed by atoms with Gasteiger partial charge in [0.1, 0.15) is 0 Å². The molecule has 3 rings (SSSR count). The highest BCUT2D eigenvalue weighted by atomic mass is 16.5. The average Bonchev–Trinajstić information content (AvgIpc) is 2.68. The first-order valence-corrected chi connectivity index (χ1v) is 9.41. The number of fused-ring (bicyclic) bond motifs is 1. The summed E-state index contributed by atoms with van der Waals surface area (Å²) in [6, 6.07) is 14.4. The first kappa shape index (κ1) is 19.6. The molecule has 0 spiro atoms. The third-order valence-corrected chi connectivity index (χ3v) is 4.76. The number of amides is 2. The Morgan fingerprint density at radius 1 is 1.11 bits per heavy atom. The van der Waals surface area contributed by atoms with Gasteiger partial charge in [0.15, 0.2) is 6.10 Å². The maximum absolute atomic E-state index is 12.6. The van der Waals surface area contributed by atoms with Crippen LogP contribution in [0.3, 0.4) is 0 Å². The number of benzene rings is 2. The van der Waals surface area contributed by atoms with Crippen LogP contribution in [-0.2, 0) is 20.7 Å². The molecule has 0 fully saturated rings. The first-order valence-electron chi connectivity index (χ1n) is 9.41. The van der Waals surface area contributed by atoms with Crippen LogP contribution in [0.15, 0.2) is 48.5 Å². The molecule has 6 heteroatoms. The van der Waals surface area contributed by atoms with E-state index in [-0.39, 0.29) is 23.4 Å². The quantitative estimate of drug-likeness (QED) is 0.779. The Morgan fingerprint density at radius 2 is 1.89 bits per heavy atom. The van der Waals surface area contributed by atoms with E-state index in [0.29, 0.717) is 5.69 Å². The lowest BCUT2D eigenvalue weighted by molar-refractivity contribution is -0.130. The number of nitrogens with one attached hydrogen (secondary N) is 2. The van der Waals surface area contributed by atoms with Crippen LogP contribution in [0.2, 0.25) is 0 Å². The second-order valence-corrected chi connectivity index (χ2v) is 6.96. The third-order valence-electron chi connectivity index (χ3n) is 4.76. The number of esters is 1. The third kappa shape index (κ3) is 4.76. The van der Waals surface area contributed by atoms with E-state index in [9.17, 15) is 14.4 Å². The van der Waals surface area contributed by atoms with Gasteiger partial charge < -0.3 is 15.4 Å². The molecule has 0 aliphatic heterocycles. The number of hydrogen-bond acceptors (Lipinski definition) is 4. The number of carbonyl (C=O) groups excluding carboxylic acids is 3. The van der Waals surface area contributed by atoms with Gasteiger partial charge in [0, 0.05) is 12.6 Å². The highest BCUT2D eigenvalue weighted by Gasteiger charge is 2.25. The Hall–Kier alpha value is -3.15. The maximum Gasteiger partial charge on any atom is 0.338 e. The number of aryl methyl sites for hydroxylation is 1. The summed E-state index contributed by atoms with van der Waals surface area (Å²) in [6.07, 6.45) is 1.96. The number of anilines is 1. The average molecular weight is 380 g/mol. The van der Waals surface area contributed by atoms with Gasteiger partial charge in [-0.15, -0.1) is 0 Å². The van der Waals surface area contributed by atoms with Crippen LogP contribution in [0.5, 0.6) is 0 Å². The Labute approximate surface area is 164 Å². The lowest BCUT2D eigenvalue weighted by Crippen LogP contribution is -2.39. The standard InChI is InChI=1S/C22H24N2O4/c1-14(28-22(27)17-9-5-10-18(13-17)23-15(2)25)21(26)24-20-12-6-8-16-7-3-4-11-19(16)20/h3-5,7,9-11,13-14,20H,6,8,12H2,1-2H3,(H,23,25)(H,24,26)/t14-,20+/m0/s1. The molecule has 0 saturated heterocycles. The molecule has 2 amide bonds. The van der Waals surface area contributed by atoms with Gasteiger partial charge >= 0.3 is 5.97 Å². The van der Waals surface area contributed by atoms with Crippen molar-refractivity contribution in [3.63, 3.8) is 0 Å². The zero-order valence-corrected chi connectivity index (χ0v) is 16.0. The zero-order chi connectivity index (χ0) is 20.1. The monoisotopic (exact) mass is 380 g/mol. The number of rotatable bonds is 5. The molecule has 0 unspecified atom stereocenters. The normalized spacial score (nSPS) is 16.4. The molecule has 2 atom stereocenters. The number of hydrogen-bond donors (Lipinski definition) is 2. The molecule has 1 aliphatic carbocycles. The lowest BCUT2D eigenvalue weighted by Gasteiger charge is -2.27. The molecule has 0 bridgehead atoms. The molecule has 1 aliphatic rings. The van der Waals surface area contributed by atoms with Gasteiger partial charge in [-0.25, -0.2) is 4.79 Å². The highest BCUT2D eigenvalue weighted by Crippen LogP contribution is 2.29. The summed E-state index contributed by atoms with van der Waals surface area (Å²) < 4.78 is 5.32. The SMILES string of the molecule is CC(=O)Nc1cccc(C(=O)O[C@@H](C)C(=O)N[C@@H]2CCCc3ccccc32)c1. The van der Waals surface area contributed by atoms with Crippen molar-refractivity contribution in [1.82, 2.24) is 5.32 Å². The van der Waals surface area contributed by atoms with Gasteiger partial charge in [-0.05, 0) is 55.5 Å². The summed E-state index contributed by atoms with van der Waals surface area (Å²) in [6.45, 7) is 2.94. The Kier molecular flexibility index (Phi) is 6.09. The van der Waals surface area contributed by atoms with Crippen molar-refractivity contribution >= 4 is 23.5 Å². The fraction of sp³-hybridized carbons (Fsp3) is 0.318. The summed E-state index contributed by atoms with van der Waals surface area (Å²) in [5, 5.41) is 5.61. The molecule has 2 aromatic carbocycles. The predicted octanol–water partition coefficient (Wildman–Crippen LogP) is 3.38. The fourth-order valence-electron chi connectivity index (χ4n) is 3.40. The van der Waals surface area contributed by atoms with Gasteiger partial charge in [0.25, 0.3) is 5.91 Å². The van der Waals surface area contributed by atoms with Gasteiger partial charge in [-0.3, -0.25) is 9.59 Å². The molecular weight excluding hydrogens is 356 g/mol. The maximum atomic E-state index is 12.6. The van der Waals surface area contributed by atoms with Gasteiger partial charge in [-0.2, -0.15) is 0 Å². The molecule has 2 aromatic rings. The van der Waals surface area contributed by atoms with E-state index in [4.69, 9.17) is 4.74 Å². The second-order valence-electron chi connectivity index (χ2n) is 6.96. The van der Waals surface area contributed by atoms with Gasteiger partial charge in [0.2, 0.25) is 5.91 Å². The van der Waals surface area contributed by atoms with E-state index in [1.807, 2.05) is 18.2 Å². The Balaban J connectivity index is 1.62. The van der Waals surface area contributed by atoms with Crippen LogP contribution in [-0.4, -0.2) is 23.9 Å². The summed E-state index contributed by atoms with van der Waals surface area (Å²) in [5.41, 5.74) is 3.15. The van der Waals surface area contributed by atoms with E-state index in [1.165, 1.54) is 18.6 Å². The molecule has 0 radical (unpaired) electrons. The molecule has 28 heavy (non-hydrogen) atoms. The van der Waals surface area contributed by atoms with Crippen LogP contribution >= 0.6 is 0 Å². The van der Waals surface area contributed by atoms with E-state index in [2.05, 4.69) is 16.7 Å². The summed E-state index contributed by atoms with van der Waals surface area (Å²) >= 11 is 0. The number of carbonyl (C=O) groups is 3. The number of ether oxygens (including phenoxy) is 1. The Bertz CT molecular complexity index is 894. The van der Waals surface area contributed by atoms with Crippen LogP contribution in [0.1, 0.15) is 54.2 Å².